The highest BCUT2D eigenvalue weighted by atomic mass is 19.1. The van der Waals surface area contributed by atoms with Crippen molar-refractivity contribution in [2.75, 3.05) is 6.54 Å². The number of hydrogen-bond donors (Lipinski definition) is 0. The summed E-state index contributed by atoms with van der Waals surface area (Å²) in [5, 5.41) is 8.53. The average Bonchev–Trinajstić information content (AvgIpc) is 3.40. The lowest BCUT2D eigenvalue weighted by Gasteiger charge is -2.27. The van der Waals surface area contributed by atoms with Crippen LogP contribution in [-0.2, 0) is 20.0 Å². The maximum absolute atomic E-state index is 14.0. The third kappa shape index (κ3) is 3.45. The summed E-state index contributed by atoms with van der Waals surface area (Å²) < 4.78 is 34.4. The van der Waals surface area contributed by atoms with Crippen LogP contribution in [0.4, 0.5) is 8.78 Å². The van der Waals surface area contributed by atoms with Gasteiger partial charge in [-0.15, -0.1) is 0 Å². The van der Waals surface area contributed by atoms with E-state index in [0.29, 0.717) is 47.7 Å². The van der Waals surface area contributed by atoms with Crippen molar-refractivity contribution in [3.63, 3.8) is 0 Å². The van der Waals surface area contributed by atoms with E-state index in [-0.39, 0.29) is 17.6 Å². The summed E-state index contributed by atoms with van der Waals surface area (Å²) in [7, 11) is 1.83. The first-order chi connectivity index (χ1) is 15.4. The normalized spacial score (nSPS) is 13.3. The molecule has 0 aliphatic carbocycles. The van der Waals surface area contributed by atoms with Crippen molar-refractivity contribution >= 4 is 5.91 Å². The molecular weight excluding hydrogens is 416 g/mol. The zero-order valence-electron chi connectivity index (χ0n) is 17.5. The monoisotopic (exact) mass is 435 g/mol. The molecule has 3 heterocycles. The van der Waals surface area contributed by atoms with Gasteiger partial charge in [0.15, 0.2) is 5.69 Å². The van der Waals surface area contributed by atoms with E-state index in [2.05, 4.69) is 15.2 Å². The Labute approximate surface area is 182 Å². The average molecular weight is 435 g/mol. The SMILES string of the molecule is Cc1ccc(C(=O)N2CCc3c(c(-c4nc(-c5ccc(F)cc5)no4)nn3C)C2)cc1F. The highest BCUT2D eigenvalue weighted by molar-refractivity contribution is 5.94. The van der Waals surface area contributed by atoms with Gasteiger partial charge < -0.3 is 9.42 Å². The highest BCUT2D eigenvalue weighted by Crippen LogP contribution is 2.31. The molecule has 32 heavy (non-hydrogen) atoms. The van der Waals surface area contributed by atoms with Gasteiger partial charge in [0.05, 0.1) is 6.54 Å². The van der Waals surface area contributed by atoms with Crippen LogP contribution in [0.3, 0.4) is 0 Å². The first kappa shape index (κ1) is 20.0. The molecule has 0 unspecified atom stereocenters. The Morgan fingerprint density at radius 2 is 1.91 bits per heavy atom. The van der Waals surface area contributed by atoms with Crippen LogP contribution in [0.1, 0.15) is 27.2 Å². The molecule has 0 saturated carbocycles. The van der Waals surface area contributed by atoms with Crippen LogP contribution in [0.5, 0.6) is 0 Å². The zero-order valence-corrected chi connectivity index (χ0v) is 17.5. The Morgan fingerprint density at radius 3 is 2.66 bits per heavy atom. The molecule has 7 nitrogen and oxygen atoms in total. The topological polar surface area (TPSA) is 77.1 Å². The molecule has 4 aromatic rings. The highest BCUT2D eigenvalue weighted by Gasteiger charge is 2.30. The van der Waals surface area contributed by atoms with Gasteiger partial charge in [-0.3, -0.25) is 9.48 Å². The number of halogens is 2. The van der Waals surface area contributed by atoms with Gasteiger partial charge in [0.1, 0.15) is 11.6 Å². The van der Waals surface area contributed by atoms with Crippen molar-refractivity contribution in [1.29, 1.82) is 0 Å². The molecule has 2 aromatic heterocycles. The number of hydrogen-bond acceptors (Lipinski definition) is 5. The minimum absolute atomic E-state index is 0.219. The number of fused-ring (bicyclic) bond motifs is 1. The van der Waals surface area contributed by atoms with E-state index < -0.39 is 5.82 Å². The van der Waals surface area contributed by atoms with E-state index in [4.69, 9.17) is 4.52 Å². The molecule has 0 bridgehead atoms. The molecule has 9 heteroatoms. The summed E-state index contributed by atoms with van der Waals surface area (Å²) in [6.07, 6.45) is 0.595. The summed E-state index contributed by atoms with van der Waals surface area (Å²) in [6.45, 7) is 2.44. The van der Waals surface area contributed by atoms with E-state index in [1.807, 2.05) is 7.05 Å². The molecule has 0 N–H and O–H groups in total. The molecule has 0 spiro atoms. The number of aromatic nitrogens is 4. The van der Waals surface area contributed by atoms with Crippen LogP contribution in [0.2, 0.25) is 0 Å². The van der Waals surface area contributed by atoms with Crippen LogP contribution in [-0.4, -0.2) is 37.3 Å². The molecule has 0 radical (unpaired) electrons. The Bertz CT molecular complexity index is 1330. The lowest BCUT2D eigenvalue weighted by atomic mass is 10.0. The summed E-state index contributed by atoms with van der Waals surface area (Å²) in [6, 6.07) is 10.3. The summed E-state index contributed by atoms with van der Waals surface area (Å²) in [5.74, 6) is -0.471. The third-order valence-electron chi connectivity index (χ3n) is 5.68. The van der Waals surface area contributed by atoms with Crippen LogP contribution >= 0.6 is 0 Å². The Morgan fingerprint density at radius 1 is 1.12 bits per heavy atom. The summed E-state index contributed by atoms with van der Waals surface area (Å²) >= 11 is 0. The predicted molar refractivity (Wildman–Crippen MR) is 111 cm³/mol. The number of amides is 1. The van der Waals surface area contributed by atoms with Crippen LogP contribution < -0.4 is 0 Å². The van der Waals surface area contributed by atoms with Crippen molar-refractivity contribution in [3.8, 4) is 23.0 Å². The molecule has 0 atom stereocenters. The van der Waals surface area contributed by atoms with Gasteiger partial charge in [0, 0.05) is 42.4 Å². The van der Waals surface area contributed by atoms with Gasteiger partial charge in [-0.05, 0) is 48.9 Å². The lowest BCUT2D eigenvalue weighted by Crippen LogP contribution is -2.36. The van der Waals surface area contributed by atoms with Gasteiger partial charge in [0.2, 0.25) is 5.82 Å². The third-order valence-corrected chi connectivity index (χ3v) is 5.68. The van der Waals surface area contributed by atoms with Crippen LogP contribution in [0.15, 0.2) is 47.0 Å². The van der Waals surface area contributed by atoms with Crippen molar-refractivity contribution in [2.24, 2.45) is 7.05 Å². The lowest BCUT2D eigenvalue weighted by molar-refractivity contribution is 0.0733. The predicted octanol–water partition coefficient (Wildman–Crippen LogP) is 3.92. The Kier molecular flexibility index (Phi) is 4.80. The quantitative estimate of drug-likeness (QED) is 0.488. The largest absolute Gasteiger partial charge is 0.334 e. The van der Waals surface area contributed by atoms with Crippen molar-refractivity contribution < 1.29 is 18.1 Å². The van der Waals surface area contributed by atoms with E-state index >= 15 is 0 Å². The second kappa shape index (κ2) is 7.67. The van der Waals surface area contributed by atoms with Crippen LogP contribution in [0, 0.1) is 18.6 Å². The van der Waals surface area contributed by atoms with Crippen molar-refractivity contribution in [1.82, 2.24) is 24.8 Å². The smallest absolute Gasteiger partial charge is 0.279 e. The minimum atomic E-state index is -0.408. The first-order valence-electron chi connectivity index (χ1n) is 10.1. The fourth-order valence-corrected chi connectivity index (χ4v) is 3.88. The number of carbonyl (C=O) groups excluding carboxylic acids is 1. The van der Waals surface area contributed by atoms with Crippen LogP contribution in [0.25, 0.3) is 23.0 Å². The van der Waals surface area contributed by atoms with Crippen molar-refractivity contribution in [3.05, 3.63) is 76.5 Å². The van der Waals surface area contributed by atoms with Gasteiger partial charge in [-0.2, -0.15) is 10.1 Å². The van der Waals surface area contributed by atoms with E-state index in [9.17, 15) is 13.6 Å². The molecule has 1 aliphatic heterocycles. The fraction of sp³-hybridized carbons (Fsp3) is 0.217. The van der Waals surface area contributed by atoms with Gasteiger partial charge >= 0.3 is 0 Å². The Balaban J connectivity index is 1.45. The van der Waals surface area contributed by atoms with E-state index in [0.717, 1.165) is 11.3 Å². The molecule has 1 aliphatic rings. The number of carbonyl (C=O) groups is 1. The van der Waals surface area contributed by atoms with Gasteiger partial charge in [-0.1, -0.05) is 11.2 Å². The fourth-order valence-electron chi connectivity index (χ4n) is 3.88. The molecular formula is C23H19F2N5O2. The maximum atomic E-state index is 14.0. The minimum Gasteiger partial charge on any atom is -0.334 e. The summed E-state index contributed by atoms with van der Waals surface area (Å²) in [4.78, 5) is 19.1. The molecule has 162 valence electrons. The second-order valence-electron chi connectivity index (χ2n) is 7.77. The molecule has 0 saturated heterocycles. The molecule has 0 fully saturated rings. The number of nitrogens with zero attached hydrogens (tertiary/aromatic N) is 5. The number of benzene rings is 2. The standard InChI is InChI=1S/C23H19F2N5O2/c1-13-3-4-15(11-18(13)25)23(31)30-10-9-19-17(12-30)20(27-29(19)2)22-26-21(28-32-22)14-5-7-16(24)8-6-14/h3-8,11H,9-10,12H2,1-2H3. The first-order valence-corrected chi connectivity index (χ1v) is 10.1. The number of aryl methyl sites for hydroxylation is 2. The van der Waals surface area contributed by atoms with Gasteiger partial charge in [0.25, 0.3) is 11.8 Å². The molecule has 2 aromatic carbocycles. The van der Waals surface area contributed by atoms with E-state index in [1.54, 1.807) is 40.8 Å². The van der Waals surface area contributed by atoms with E-state index in [1.165, 1.54) is 18.2 Å². The molecule has 1 amide bonds. The molecule has 5 rings (SSSR count). The maximum Gasteiger partial charge on any atom is 0.279 e. The number of rotatable bonds is 3. The van der Waals surface area contributed by atoms with Gasteiger partial charge in [-0.25, -0.2) is 8.78 Å². The summed E-state index contributed by atoms with van der Waals surface area (Å²) in [5.41, 5.74) is 3.69. The zero-order chi connectivity index (χ0) is 22.4. The van der Waals surface area contributed by atoms with Crippen molar-refractivity contribution in [2.45, 2.75) is 19.9 Å². The second-order valence-corrected chi connectivity index (χ2v) is 7.77. The Hall–Kier alpha value is -3.88.